The van der Waals surface area contributed by atoms with Crippen LogP contribution in [0.4, 0.5) is 5.82 Å². The molecule has 1 fully saturated rings. The summed E-state index contributed by atoms with van der Waals surface area (Å²) >= 11 is 0. The van der Waals surface area contributed by atoms with Gasteiger partial charge in [0.15, 0.2) is 0 Å². The van der Waals surface area contributed by atoms with E-state index in [9.17, 15) is 0 Å². The second-order valence-corrected chi connectivity index (χ2v) is 5.24. The summed E-state index contributed by atoms with van der Waals surface area (Å²) in [5.74, 6) is 0.923. The summed E-state index contributed by atoms with van der Waals surface area (Å²) in [5, 5.41) is 9.04. The Morgan fingerprint density at radius 3 is 2.68 bits per heavy atom. The van der Waals surface area contributed by atoms with Gasteiger partial charge in [0.25, 0.3) is 0 Å². The second-order valence-electron chi connectivity index (χ2n) is 5.24. The van der Waals surface area contributed by atoms with Crippen molar-refractivity contribution >= 4 is 5.82 Å². The van der Waals surface area contributed by atoms with Gasteiger partial charge >= 0.3 is 0 Å². The maximum absolute atomic E-state index is 9.04. The molecular formula is C15H22N4. The van der Waals surface area contributed by atoms with Crippen LogP contribution in [0.1, 0.15) is 31.0 Å². The molecule has 4 heteroatoms. The Balaban J connectivity index is 2.10. The van der Waals surface area contributed by atoms with E-state index in [1.807, 2.05) is 19.1 Å². The molecule has 0 bridgehead atoms. The number of anilines is 1. The molecule has 2 heterocycles. The van der Waals surface area contributed by atoms with Crippen LogP contribution in [0.15, 0.2) is 12.1 Å². The third-order valence-electron chi connectivity index (χ3n) is 3.98. The maximum atomic E-state index is 9.04. The second kappa shape index (κ2) is 6.03. The predicted molar refractivity (Wildman–Crippen MR) is 77.2 cm³/mol. The molecule has 0 radical (unpaired) electrons. The quantitative estimate of drug-likeness (QED) is 0.833. The van der Waals surface area contributed by atoms with Crippen LogP contribution in [-0.4, -0.2) is 42.6 Å². The van der Waals surface area contributed by atoms with Crippen molar-refractivity contribution in [2.24, 2.45) is 0 Å². The molecule has 0 unspecified atom stereocenters. The van der Waals surface area contributed by atoms with Crippen LogP contribution in [0.2, 0.25) is 0 Å². The van der Waals surface area contributed by atoms with Gasteiger partial charge in [0.1, 0.15) is 5.82 Å². The highest BCUT2D eigenvalue weighted by atomic mass is 15.2. The molecule has 0 N–H and O–H groups in total. The third-order valence-corrected chi connectivity index (χ3v) is 3.98. The van der Waals surface area contributed by atoms with Crippen molar-refractivity contribution in [3.8, 4) is 6.07 Å². The Hall–Kier alpha value is -1.60. The lowest BCUT2D eigenvalue weighted by Gasteiger charge is -2.37. The molecular weight excluding hydrogens is 236 g/mol. The molecule has 0 aliphatic carbocycles. The van der Waals surface area contributed by atoms with E-state index in [0.717, 1.165) is 31.1 Å². The van der Waals surface area contributed by atoms with Gasteiger partial charge in [-0.1, -0.05) is 6.92 Å². The molecule has 0 saturated carbocycles. The van der Waals surface area contributed by atoms with E-state index in [2.05, 4.69) is 34.8 Å². The Morgan fingerprint density at radius 2 is 2.11 bits per heavy atom. The van der Waals surface area contributed by atoms with E-state index in [1.54, 1.807) is 0 Å². The predicted octanol–water partition coefficient (Wildman–Crippen LogP) is 2.18. The molecule has 0 amide bonds. The Labute approximate surface area is 115 Å². The van der Waals surface area contributed by atoms with Crippen LogP contribution in [0.3, 0.4) is 0 Å². The minimum atomic E-state index is 0.531. The van der Waals surface area contributed by atoms with E-state index >= 15 is 0 Å². The summed E-state index contributed by atoms with van der Waals surface area (Å²) in [7, 11) is 2.09. The molecule has 1 aliphatic heterocycles. The summed E-state index contributed by atoms with van der Waals surface area (Å²) in [6.07, 6.45) is 2.34. The fourth-order valence-corrected chi connectivity index (χ4v) is 2.71. The van der Waals surface area contributed by atoms with E-state index < -0.39 is 0 Å². The molecule has 2 rings (SSSR count). The van der Waals surface area contributed by atoms with Gasteiger partial charge in [-0.25, -0.2) is 4.98 Å². The SMILES string of the molecule is CCN1CCC(N(C)c2cc(C#N)cc(C)n2)CC1. The lowest BCUT2D eigenvalue weighted by Crippen LogP contribution is -2.43. The van der Waals surface area contributed by atoms with E-state index in [1.165, 1.54) is 12.8 Å². The third kappa shape index (κ3) is 3.24. The van der Waals surface area contributed by atoms with Gasteiger partial charge in [-0.15, -0.1) is 0 Å². The van der Waals surface area contributed by atoms with Crippen LogP contribution in [0, 0.1) is 18.3 Å². The number of piperidine rings is 1. The zero-order valence-electron chi connectivity index (χ0n) is 12.1. The molecule has 0 atom stereocenters. The summed E-state index contributed by atoms with van der Waals surface area (Å²) in [6, 6.07) is 6.46. The van der Waals surface area contributed by atoms with Crippen LogP contribution < -0.4 is 4.90 Å². The van der Waals surface area contributed by atoms with E-state index in [0.29, 0.717) is 11.6 Å². The number of nitriles is 1. The lowest BCUT2D eigenvalue weighted by atomic mass is 10.0. The van der Waals surface area contributed by atoms with Crippen molar-refractivity contribution in [2.45, 2.75) is 32.7 Å². The van der Waals surface area contributed by atoms with Gasteiger partial charge in [-0.3, -0.25) is 0 Å². The number of rotatable bonds is 3. The fraction of sp³-hybridized carbons (Fsp3) is 0.600. The van der Waals surface area contributed by atoms with E-state index in [4.69, 9.17) is 5.26 Å². The average Bonchev–Trinajstić information content (AvgIpc) is 2.46. The van der Waals surface area contributed by atoms with Crippen LogP contribution in [0.25, 0.3) is 0 Å². The number of aryl methyl sites for hydroxylation is 1. The number of pyridine rings is 1. The number of hydrogen-bond donors (Lipinski definition) is 0. The Bertz CT molecular complexity index is 470. The normalized spacial score (nSPS) is 17.2. The van der Waals surface area contributed by atoms with Gasteiger partial charge in [0, 0.05) is 31.9 Å². The van der Waals surface area contributed by atoms with Crippen molar-refractivity contribution < 1.29 is 0 Å². The van der Waals surface area contributed by atoms with Gasteiger partial charge in [0.05, 0.1) is 11.6 Å². The van der Waals surface area contributed by atoms with Gasteiger partial charge in [-0.2, -0.15) is 5.26 Å². The minimum Gasteiger partial charge on any atom is -0.357 e. The first-order valence-electron chi connectivity index (χ1n) is 6.98. The molecule has 1 saturated heterocycles. The van der Waals surface area contributed by atoms with Crippen molar-refractivity contribution in [2.75, 3.05) is 31.6 Å². The van der Waals surface area contributed by atoms with Crippen molar-refractivity contribution in [1.29, 1.82) is 5.26 Å². The summed E-state index contributed by atoms with van der Waals surface area (Å²) in [6.45, 7) is 7.60. The van der Waals surface area contributed by atoms with Crippen LogP contribution in [0.5, 0.6) is 0 Å². The van der Waals surface area contributed by atoms with Gasteiger partial charge < -0.3 is 9.80 Å². The van der Waals surface area contributed by atoms with Crippen LogP contribution in [-0.2, 0) is 0 Å². The fourth-order valence-electron chi connectivity index (χ4n) is 2.71. The lowest BCUT2D eigenvalue weighted by molar-refractivity contribution is 0.220. The van der Waals surface area contributed by atoms with Crippen molar-refractivity contribution in [1.82, 2.24) is 9.88 Å². The standard InChI is InChI=1S/C15H22N4/c1-4-19-7-5-14(6-8-19)18(3)15-10-13(11-16)9-12(2)17-15/h9-10,14H,4-8H2,1-3H3. The first-order chi connectivity index (χ1) is 9.13. The zero-order chi connectivity index (χ0) is 13.8. The van der Waals surface area contributed by atoms with Crippen LogP contribution >= 0.6 is 0 Å². The minimum absolute atomic E-state index is 0.531. The smallest absolute Gasteiger partial charge is 0.130 e. The first-order valence-corrected chi connectivity index (χ1v) is 6.98. The molecule has 1 aliphatic rings. The zero-order valence-corrected chi connectivity index (χ0v) is 12.1. The molecule has 0 aromatic carbocycles. The van der Waals surface area contributed by atoms with Gasteiger partial charge in [-0.05, 0) is 38.4 Å². The highest BCUT2D eigenvalue weighted by molar-refractivity contribution is 5.46. The van der Waals surface area contributed by atoms with Gasteiger partial charge in [0.2, 0.25) is 0 Å². The average molecular weight is 258 g/mol. The molecule has 19 heavy (non-hydrogen) atoms. The Kier molecular flexibility index (Phi) is 4.39. The Morgan fingerprint density at radius 1 is 1.42 bits per heavy atom. The highest BCUT2D eigenvalue weighted by Gasteiger charge is 2.22. The number of likely N-dealkylation sites (tertiary alicyclic amines) is 1. The van der Waals surface area contributed by atoms with Crippen molar-refractivity contribution in [3.63, 3.8) is 0 Å². The molecule has 1 aromatic rings. The topological polar surface area (TPSA) is 43.2 Å². The molecule has 0 spiro atoms. The first kappa shape index (κ1) is 13.8. The monoisotopic (exact) mass is 258 g/mol. The van der Waals surface area contributed by atoms with Crippen molar-refractivity contribution in [3.05, 3.63) is 23.4 Å². The summed E-state index contributed by atoms with van der Waals surface area (Å²) < 4.78 is 0. The molecule has 102 valence electrons. The van der Waals surface area contributed by atoms with E-state index in [-0.39, 0.29) is 0 Å². The number of nitrogens with zero attached hydrogens (tertiary/aromatic N) is 4. The summed E-state index contributed by atoms with van der Waals surface area (Å²) in [4.78, 5) is 9.28. The maximum Gasteiger partial charge on any atom is 0.130 e. The number of hydrogen-bond acceptors (Lipinski definition) is 4. The largest absolute Gasteiger partial charge is 0.357 e. The molecule has 1 aromatic heterocycles. The molecule has 4 nitrogen and oxygen atoms in total. The number of aromatic nitrogens is 1. The highest BCUT2D eigenvalue weighted by Crippen LogP contribution is 2.21. The summed E-state index contributed by atoms with van der Waals surface area (Å²) in [5.41, 5.74) is 1.60.